The number of ether oxygens (including phenoxy) is 1. The van der Waals surface area contributed by atoms with Crippen LogP contribution in [0.25, 0.3) is 22.2 Å². The van der Waals surface area contributed by atoms with Crippen molar-refractivity contribution in [2.75, 3.05) is 17.7 Å². The van der Waals surface area contributed by atoms with Crippen LogP contribution in [0.5, 0.6) is 5.75 Å². The maximum atomic E-state index is 12.4. The third-order valence-corrected chi connectivity index (χ3v) is 4.89. The molecule has 8 heteroatoms. The van der Waals surface area contributed by atoms with Gasteiger partial charge in [0.05, 0.1) is 29.7 Å². The molecule has 0 bridgehead atoms. The predicted molar refractivity (Wildman–Crippen MR) is 112 cm³/mol. The molecule has 2 aromatic heterocycles. The monoisotopic (exact) mass is 440 g/mol. The largest absolute Gasteiger partial charge is 0.497 e. The Morgan fingerprint density at radius 2 is 1.89 bits per heavy atom. The SMILES string of the molecule is COc1ccc(NC(=O)Nc2cc(-c3c(Br)cnn3C)c3occc3c2)cc1. The number of carbonyl (C=O) groups excluding carboxylic acids is 1. The number of halogens is 1. The summed E-state index contributed by atoms with van der Waals surface area (Å²) < 4.78 is 13.4. The van der Waals surface area contributed by atoms with Crippen molar-refractivity contribution < 1.29 is 13.9 Å². The van der Waals surface area contributed by atoms with Gasteiger partial charge in [0.25, 0.3) is 0 Å². The van der Waals surface area contributed by atoms with Gasteiger partial charge in [0.1, 0.15) is 11.3 Å². The number of hydrogen-bond donors (Lipinski definition) is 2. The van der Waals surface area contributed by atoms with E-state index in [1.165, 1.54) is 0 Å². The molecular weight excluding hydrogens is 424 g/mol. The number of methoxy groups -OCH3 is 1. The van der Waals surface area contributed by atoms with Crippen LogP contribution >= 0.6 is 15.9 Å². The molecule has 2 aromatic carbocycles. The summed E-state index contributed by atoms with van der Waals surface area (Å²) in [6, 6.07) is 12.3. The maximum Gasteiger partial charge on any atom is 0.323 e. The molecule has 2 amide bonds. The Kier molecular flexibility index (Phi) is 4.79. The Hall–Kier alpha value is -3.26. The van der Waals surface area contributed by atoms with Crippen LogP contribution in [-0.2, 0) is 7.05 Å². The highest BCUT2D eigenvalue weighted by Crippen LogP contribution is 2.36. The fourth-order valence-corrected chi connectivity index (χ4v) is 3.57. The van der Waals surface area contributed by atoms with Crippen LogP contribution in [0.3, 0.4) is 0 Å². The quantitative estimate of drug-likeness (QED) is 0.454. The molecule has 0 saturated heterocycles. The number of amides is 2. The summed E-state index contributed by atoms with van der Waals surface area (Å²) in [5.41, 5.74) is 3.72. The van der Waals surface area contributed by atoms with Crippen LogP contribution in [0.4, 0.5) is 16.2 Å². The number of urea groups is 1. The molecule has 7 nitrogen and oxygen atoms in total. The molecule has 0 spiro atoms. The van der Waals surface area contributed by atoms with E-state index in [0.29, 0.717) is 11.4 Å². The van der Waals surface area contributed by atoms with Gasteiger partial charge in [-0.05, 0) is 58.4 Å². The lowest BCUT2D eigenvalue weighted by atomic mass is 10.1. The smallest absolute Gasteiger partial charge is 0.323 e. The van der Waals surface area contributed by atoms with E-state index in [4.69, 9.17) is 9.15 Å². The zero-order valence-electron chi connectivity index (χ0n) is 15.2. The molecule has 0 radical (unpaired) electrons. The van der Waals surface area contributed by atoms with E-state index in [0.717, 1.165) is 32.4 Å². The highest BCUT2D eigenvalue weighted by Gasteiger charge is 2.16. The van der Waals surface area contributed by atoms with Crippen LogP contribution in [0.1, 0.15) is 0 Å². The van der Waals surface area contributed by atoms with Gasteiger partial charge in [-0.1, -0.05) is 0 Å². The lowest BCUT2D eigenvalue weighted by Gasteiger charge is -2.11. The van der Waals surface area contributed by atoms with Crippen molar-refractivity contribution in [2.45, 2.75) is 0 Å². The second-order valence-electron chi connectivity index (χ2n) is 6.14. The first kappa shape index (κ1) is 18.1. The van der Waals surface area contributed by atoms with Crippen LogP contribution in [0.15, 0.2) is 63.8 Å². The van der Waals surface area contributed by atoms with Gasteiger partial charge >= 0.3 is 6.03 Å². The van der Waals surface area contributed by atoms with E-state index in [9.17, 15) is 4.79 Å². The summed E-state index contributed by atoms with van der Waals surface area (Å²) in [4.78, 5) is 12.4. The first-order chi connectivity index (χ1) is 13.5. The predicted octanol–water partition coefficient (Wildman–Crippen LogP) is 5.25. The minimum Gasteiger partial charge on any atom is -0.497 e. The van der Waals surface area contributed by atoms with Gasteiger partial charge in [-0.3, -0.25) is 4.68 Å². The van der Waals surface area contributed by atoms with Gasteiger partial charge in [0.2, 0.25) is 0 Å². The average molecular weight is 441 g/mol. The molecule has 0 atom stereocenters. The van der Waals surface area contributed by atoms with Crippen molar-refractivity contribution in [1.82, 2.24) is 9.78 Å². The maximum absolute atomic E-state index is 12.4. The van der Waals surface area contributed by atoms with E-state index in [-0.39, 0.29) is 6.03 Å². The third kappa shape index (κ3) is 3.46. The van der Waals surface area contributed by atoms with Gasteiger partial charge in [-0.25, -0.2) is 4.79 Å². The van der Waals surface area contributed by atoms with E-state index in [1.54, 1.807) is 48.5 Å². The summed E-state index contributed by atoms with van der Waals surface area (Å²) in [6.07, 6.45) is 3.35. The standard InChI is InChI=1S/C20H17BrN4O3/c1-25-18(17(21)11-22-25)16-10-14(9-12-7-8-28-19(12)16)24-20(26)23-13-3-5-15(27-2)6-4-13/h3-11H,1-2H3,(H2,23,24,26). The first-order valence-electron chi connectivity index (χ1n) is 8.46. The summed E-state index contributed by atoms with van der Waals surface area (Å²) in [5, 5.41) is 10.8. The molecule has 0 unspecified atom stereocenters. The van der Waals surface area contributed by atoms with Crippen molar-refractivity contribution in [1.29, 1.82) is 0 Å². The molecule has 2 N–H and O–H groups in total. The number of carbonyl (C=O) groups is 1. The number of rotatable bonds is 4. The third-order valence-electron chi connectivity index (χ3n) is 4.31. The molecule has 28 heavy (non-hydrogen) atoms. The second-order valence-corrected chi connectivity index (χ2v) is 6.99. The number of furan rings is 1. The molecule has 4 aromatic rings. The minimum absolute atomic E-state index is 0.344. The normalized spacial score (nSPS) is 10.8. The Morgan fingerprint density at radius 1 is 1.14 bits per heavy atom. The highest BCUT2D eigenvalue weighted by molar-refractivity contribution is 9.10. The number of benzene rings is 2. The lowest BCUT2D eigenvalue weighted by Crippen LogP contribution is -2.19. The topological polar surface area (TPSA) is 81.3 Å². The fourth-order valence-electron chi connectivity index (χ4n) is 3.01. The number of hydrogen-bond acceptors (Lipinski definition) is 4. The number of fused-ring (bicyclic) bond motifs is 1. The van der Waals surface area contributed by atoms with E-state index < -0.39 is 0 Å². The molecule has 0 fully saturated rings. The highest BCUT2D eigenvalue weighted by atomic mass is 79.9. The van der Waals surface area contributed by atoms with Crippen molar-refractivity contribution in [3.05, 3.63) is 59.4 Å². The zero-order chi connectivity index (χ0) is 19.7. The summed E-state index contributed by atoms with van der Waals surface area (Å²) in [7, 11) is 3.45. The Balaban J connectivity index is 1.63. The Labute approximate surface area is 169 Å². The minimum atomic E-state index is -0.344. The number of aryl methyl sites for hydroxylation is 1. The molecular formula is C20H17BrN4O3. The van der Waals surface area contributed by atoms with E-state index in [1.807, 2.05) is 25.2 Å². The first-order valence-corrected chi connectivity index (χ1v) is 9.25. The number of nitrogens with zero attached hydrogens (tertiary/aromatic N) is 2. The van der Waals surface area contributed by atoms with Crippen LogP contribution in [0.2, 0.25) is 0 Å². The van der Waals surface area contributed by atoms with Crippen molar-refractivity contribution in [3.63, 3.8) is 0 Å². The Morgan fingerprint density at radius 3 is 2.57 bits per heavy atom. The average Bonchev–Trinajstić information content (AvgIpc) is 3.28. The van der Waals surface area contributed by atoms with Crippen LogP contribution in [0, 0.1) is 0 Å². The molecule has 4 rings (SSSR count). The van der Waals surface area contributed by atoms with Crippen LogP contribution in [-0.4, -0.2) is 22.9 Å². The molecule has 0 saturated carbocycles. The van der Waals surface area contributed by atoms with Crippen molar-refractivity contribution in [3.8, 4) is 17.0 Å². The molecule has 0 aliphatic heterocycles. The van der Waals surface area contributed by atoms with E-state index in [2.05, 4.69) is 31.7 Å². The molecule has 2 heterocycles. The summed E-state index contributed by atoms with van der Waals surface area (Å²) in [5.74, 6) is 0.725. The van der Waals surface area contributed by atoms with Gasteiger partial charge < -0.3 is 19.8 Å². The van der Waals surface area contributed by atoms with Gasteiger partial charge in [-0.15, -0.1) is 0 Å². The molecule has 0 aliphatic rings. The number of anilines is 2. The molecule has 0 aliphatic carbocycles. The van der Waals surface area contributed by atoms with Gasteiger partial charge in [0, 0.05) is 29.4 Å². The Bertz CT molecular complexity index is 1130. The molecule has 142 valence electrons. The fraction of sp³-hybridized carbons (Fsp3) is 0.100. The zero-order valence-corrected chi connectivity index (χ0v) is 16.8. The van der Waals surface area contributed by atoms with Gasteiger partial charge in [0.15, 0.2) is 0 Å². The van der Waals surface area contributed by atoms with Gasteiger partial charge in [-0.2, -0.15) is 5.10 Å². The number of aromatic nitrogens is 2. The number of nitrogens with one attached hydrogen (secondary N) is 2. The van der Waals surface area contributed by atoms with Crippen LogP contribution < -0.4 is 15.4 Å². The van der Waals surface area contributed by atoms with E-state index >= 15 is 0 Å². The lowest BCUT2D eigenvalue weighted by molar-refractivity contribution is 0.262. The van der Waals surface area contributed by atoms with Crippen molar-refractivity contribution in [2.24, 2.45) is 7.05 Å². The summed E-state index contributed by atoms with van der Waals surface area (Å²) >= 11 is 3.52. The summed E-state index contributed by atoms with van der Waals surface area (Å²) in [6.45, 7) is 0. The second kappa shape index (κ2) is 7.40. The van der Waals surface area contributed by atoms with Crippen molar-refractivity contribution >= 4 is 44.3 Å².